The van der Waals surface area contributed by atoms with Crippen LogP contribution in [0.15, 0.2) is 42.6 Å². The summed E-state index contributed by atoms with van der Waals surface area (Å²) in [6, 6.07) is 12.0. The van der Waals surface area contributed by atoms with Crippen LogP contribution in [0.3, 0.4) is 0 Å². The third kappa shape index (κ3) is 3.03. The molecule has 5 rings (SSSR count). The molecule has 3 aromatic rings. The number of aromatic amines is 1. The minimum absolute atomic E-state index is 0.0738. The fourth-order valence-corrected chi connectivity index (χ4v) is 4.83. The van der Waals surface area contributed by atoms with Crippen LogP contribution in [0.2, 0.25) is 0 Å². The van der Waals surface area contributed by atoms with Crippen molar-refractivity contribution < 1.29 is 19.0 Å². The van der Waals surface area contributed by atoms with E-state index in [0.29, 0.717) is 19.7 Å². The lowest BCUT2D eigenvalue weighted by Crippen LogP contribution is -2.48. The van der Waals surface area contributed by atoms with E-state index < -0.39 is 0 Å². The number of nitrogens with zero attached hydrogens (tertiary/aromatic N) is 1. The zero-order valence-corrected chi connectivity index (χ0v) is 17.4. The second-order valence-corrected chi connectivity index (χ2v) is 8.03. The molecular weight excluding hydrogens is 380 g/mol. The van der Waals surface area contributed by atoms with Crippen LogP contribution in [0, 0.1) is 0 Å². The van der Waals surface area contributed by atoms with Gasteiger partial charge in [-0.15, -0.1) is 0 Å². The average Bonchev–Trinajstić information content (AvgIpc) is 3.26. The standard InChI is InChI=1S/C24H26N2O4/c1-28-21-14-17-6-12-30-24(19(17)15-22(21)29-2)7-10-26(11-8-24)23(27)18-4-3-16-5-9-25-20(16)13-18/h3-5,9,13-15,25H,6-8,10-12H2,1-2H3. The molecule has 0 saturated carbocycles. The smallest absolute Gasteiger partial charge is 0.253 e. The molecule has 3 heterocycles. The van der Waals surface area contributed by atoms with Crippen molar-refractivity contribution in [2.75, 3.05) is 33.9 Å². The highest BCUT2D eigenvalue weighted by Crippen LogP contribution is 2.45. The maximum atomic E-state index is 13.1. The van der Waals surface area contributed by atoms with Crippen LogP contribution < -0.4 is 9.47 Å². The van der Waals surface area contributed by atoms with Gasteiger partial charge in [-0.05, 0) is 66.1 Å². The van der Waals surface area contributed by atoms with E-state index in [9.17, 15) is 4.79 Å². The predicted molar refractivity (Wildman–Crippen MR) is 114 cm³/mol. The van der Waals surface area contributed by atoms with Gasteiger partial charge < -0.3 is 24.1 Å². The van der Waals surface area contributed by atoms with Gasteiger partial charge in [0.25, 0.3) is 5.91 Å². The van der Waals surface area contributed by atoms with E-state index in [4.69, 9.17) is 14.2 Å². The molecule has 2 aliphatic heterocycles. The van der Waals surface area contributed by atoms with Crippen LogP contribution >= 0.6 is 0 Å². The number of carbonyl (C=O) groups is 1. The lowest BCUT2D eigenvalue weighted by Gasteiger charge is -2.45. The van der Waals surface area contributed by atoms with Gasteiger partial charge in [0.2, 0.25) is 0 Å². The van der Waals surface area contributed by atoms with Crippen LogP contribution in [0.4, 0.5) is 0 Å². The number of H-pyrrole nitrogens is 1. The number of methoxy groups -OCH3 is 2. The monoisotopic (exact) mass is 406 g/mol. The van der Waals surface area contributed by atoms with Crippen LogP contribution in [-0.2, 0) is 16.8 Å². The fourth-order valence-electron chi connectivity index (χ4n) is 4.83. The van der Waals surface area contributed by atoms with Crippen molar-refractivity contribution in [1.29, 1.82) is 0 Å². The van der Waals surface area contributed by atoms with Crippen LogP contribution in [0.25, 0.3) is 10.9 Å². The zero-order chi connectivity index (χ0) is 20.7. The van der Waals surface area contributed by atoms with Crippen molar-refractivity contribution in [2.45, 2.75) is 24.9 Å². The summed E-state index contributed by atoms with van der Waals surface area (Å²) in [6.45, 7) is 2.00. The molecule has 30 heavy (non-hydrogen) atoms. The quantitative estimate of drug-likeness (QED) is 0.717. The van der Waals surface area contributed by atoms with Crippen molar-refractivity contribution in [1.82, 2.24) is 9.88 Å². The molecule has 1 saturated heterocycles. The molecule has 1 spiro atoms. The Morgan fingerprint density at radius 1 is 1.07 bits per heavy atom. The molecule has 1 fully saturated rings. The Kier molecular flexibility index (Phi) is 4.66. The van der Waals surface area contributed by atoms with Crippen LogP contribution in [0.5, 0.6) is 11.5 Å². The Labute approximate surface area is 175 Å². The van der Waals surface area contributed by atoms with Crippen molar-refractivity contribution >= 4 is 16.8 Å². The summed E-state index contributed by atoms with van der Waals surface area (Å²) < 4.78 is 17.4. The van der Waals surface area contributed by atoms with Crippen molar-refractivity contribution in [2.24, 2.45) is 0 Å². The normalized spacial score (nSPS) is 17.7. The molecule has 2 aromatic carbocycles. The first-order valence-corrected chi connectivity index (χ1v) is 10.4. The van der Waals surface area contributed by atoms with Gasteiger partial charge in [0.05, 0.1) is 26.4 Å². The molecule has 0 atom stereocenters. The molecule has 6 heteroatoms. The Balaban J connectivity index is 1.38. The Morgan fingerprint density at radius 3 is 2.60 bits per heavy atom. The molecule has 2 aliphatic rings. The highest BCUT2D eigenvalue weighted by atomic mass is 16.5. The molecule has 6 nitrogen and oxygen atoms in total. The van der Waals surface area contributed by atoms with E-state index in [1.807, 2.05) is 35.4 Å². The van der Waals surface area contributed by atoms with E-state index in [1.165, 1.54) is 11.1 Å². The number of rotatable bonds is 3. The second kappa shape index (κ2) is 7.36. The summed E-state index contributed by atoms with van der Waals surface area (Å²) in [5.74, 6) is 1.55. The maximum Gasteiger partial charge on any atom is 0.253 e. The Hall–Kier alpha value is -2.99. The molecule has 0 radical (unpaired) electrons. The Morgan fingerprint density at radius 2 is 1.83 bits per heavy atom. The molecule has 0 aliphatic carbocycles. The highest BCUT2D eigenvalue weighted by molar-refractivity contribution is 5.98. The molecular formula is C24H26N2O4. The van der Waals surface area contributed by atoms with E-state index >= 15 is 0 Å². The number of aromatic nitrogens is 1. The maximum absolute atomic E-state index is 13.1. The third-order valence-corrected chi connectivity index (χ3v) is 6.51. The number of hydrogen-bond donors (Lipinski definition) is 1. The minimum Gasteiger partial charge on any atom is -0.493 e. The first kappa shape index (κ1) is 19.0. The molecule has 156 valence electrons. The topological polar surface area (TPSA) is 63.8 Å². The number of carbonyl (C=O) groups excluding carboxylic acids is 1. The van der Waals surface area contributed by atoms with Crippen molar-refractivity contribution in [3.63, 3.8) is 0 Å². The van der Waals surface area contributed by atoms with Gasteiger partial charge in [-0.25, -0.2) is 0 Å². The summed E-state index contributed by atoms with van der Waals surface area (Å²) in [6.07, 6.45) is 4.29. The van der Waals surface area contributed by atoms with Gasteiger partial charge in [-0.3, -0.25) is 4.79 Å². The predicted octanol–water partition coefficient (Wildman–Crippen LogP) is 3.89. The van der Waals surface area contributed by atoms with Gasteiger partial charge in [0.15, 0.2) is 11.5 Å². The summed E-state index contributed by atoms with van der Waals surface area (Å²) in [5.41, 5.74) is 3.76. The largest absolute Gasteiger partial charge is 0.493 e. The van der Waals surface area contributed by atoms with Crippen LogP contribution in [0.1, 0.15) is 34.3 Å². The number of nitrogens with one attached hydrogen (secondary N) is 1. The van der Waals surface area contributed by atoms with Gasteiger partial charge in [0, 0.05) is 30.4 Å². The number of ether oxygens (including phenoxy) is 3. The van der Waals surface area contributed by atoms with Gasteiger partial charge in [-0.1, -0.05) is 6.07 Å². The van der Waals surface area contributed by atoms with Crippen molar-refractivity contribution in [3.8, 4) is 11.5 Å². The van der Waals surface area contributed by atoms with E-state index in [1.54, 1.807) is 14.2 Å². The Bertz CT molecular complexity index is 1100. The van der Waals surface area contributed by atoms with Crippen LogP contribution in [-0.4, -0.2) is 49.7 Å². The summed E-state index contributed by atoms with van der Waals surface area (Å²) >= 11 is 0. The van der Waals surface area contributed by atoms with E-state index in [-0.39, 0.29) is 11.5 Å². The SMILES string of the molecule is COc1cc2c(cc1OC)C1(CCN(C(=O)c3ccc4cc[nH]c4c3)CC1)OCC2. The summed E-state index contributed by atoms with van der Waals surface area (Å²) in [4.78, 5) is 18.2. The van der Waals surface area contributed by atoms with Gasteiger partial charge in [0.1, 0.15) is 0 Å². The lowest BCUT2D eigenvalue weighted by atomic mass is 9.79. The average molecular weight is 406 g/mol. The lowest BCUT2D eigenvalue weighted by molar-refractivity contribution is -0.0936. The fraction of sp³-hybridized carbons (Fsp3) is 0.375. The second-order valence-electron chi connectivity index (χ2n) is 8.03. The number of benzene rings is 2. The first-order chi connectivity index (χ1) is 14.6. The molecule has 0 unspecified atom stereocenters. The minimum atomic E-state index is -0.368. The molecule has 1 aromatic heterocycles. The molecule has 0 bridgehead atoms. The molecule has 1 amide bonds. The summed E-state index contributed by atoms with van der Waals surface area (Å²) in [7, 11) is 3.32. The zero-order valence-electron chi connectivity index (χ0n) is 17.4. The number of amides is 1. The van der Waals surface area contributed by atoms with E-state index in [0.717, 1.165) is 47.2 Å². The van der Waals surface area contributed by atoms with Crippen molar-refractivity contribution in [3.05, 3.63) is 59.3 Å². The van der Waals surface area contributed by atoms with Gasteiger partial charge >= 0.3 is 0 Å². The van der Waals surface area contributed by atoms with E-state index in [2.05, 4.69) is 17.1 Å². The number of fused-ring (bicyclic) bond motifs is 3. The molecule has 1 N–H and O–H groups in total. The van der Waals surface area contributed by atoms with Gasteiger partial charge in [-0.2, -0.15) is 0 Å². The third-order valence-electron chi connectivity index (χ3n) is 6.51. The number of piperidine rings is 1. The number of likely N-dealkylation sites (tertiary alicyclic amines) is 1. The first-order valence-electron chi connectivity index (χ1n) is 10.4. The number of hydrogen-bond acceptors (Lipinski definition) is 4. The highest BCUT2D eigenvalue weighted by Gasteiger charge is 2.42. The summed E-state index contributed by atoms with van der Waals surface area (Å²) in [5, 5.41) is 1.11.